The van der Waals surface area contributed by atoms with Gasteiger partial charge in [-0.05, 0) is 14.0 Å². The zero-order valence-corrected chi connectivity index (χ0v) is 10.3. The molecule has 1 aliphatic rings. The maximum absolute atomic E-state index is 11.9. The highest BCUT2D eigenvalue weighted by Crippen LogP contribution is 2.20. The van der Waals surface area contributed by atoms with Crippen molar-refractivity contribution in [2.24, 2.45) is 5.92 Å². The van der Waals surface area contributed by atoms with Crippen LogP contribution in [0.5, 0.6) is 0 Å². The number of carbonyl (C=O) groups excluding carboxylic acids is 1. The topological polar surface area (TPSA) is 78.9 Å². The molecular weight excluding hydrogens is 224 g/mol. The highest BCUT2D eigenvalue weighted by atomic mass is 16.5. The summed E-state index contributed by atoms with van der Waals surface area (Å²) in [6, 6.07) is -0.332. The van der Waals surface area contributed by atoms with E-state index in [0.717, 1.165) is 0 Å². The molecule has 0 aliphatic carbocycles. The van der Waals surface area contributed by atoms with Crippen molar-refractivity contribution in [3.05, 3.63) is 0 Å². The highest BCUT2D eigenvalue weighted by molar-refractivity contribution is 5.78. The van der Waals surface area contributed by atoms with Crippen molar-refractivity contribution >= 4 is 11.9 Å². The van der Waals surface area contributed by atoms with E-state index in [1.807, 2.05) is 6.92 Å². The highest BCUT2D eigenvalue weighted by Gasteiger charge is 2.39. The first-order valence-corrected chi connectivity index (χ1v) is 5.86. The Morgan fingerprint density at radius 1 is 1.47 bits per heavy atom. The van der Waals surface area contributed by atoms with Gasteiger partial charge < -0.3 is 20.1 Å². The first-order chi connectivity index (χ1) is 8.11. The Hall–Kier alpha value is -1.14. The van der Waals surface area contributed by atoms with E-state index < -0.39 is 11.9 Å². The Labute approximate surface area is 101 Å². The van der Waals surface area contributed by atoms with Gasteiger partial charge in [-0.15, -0.1) is 0 Å². The van der Waals surface area contributed by atoms with E-state index in [-0.39, 0.29) is 18.6 Å². The van der Waals surface area contributed by atoms with E-state index in [1.165, 1.54) is 0 Å². The van der Waals surface area contributed by atoms with Gasteiger partial charge in [0.1, 0.15) is 5.92 Å². The minimum absolute atomic E-state index is 0.0244. The van der Waals surface area contributed by atoms with Gasteiger partial charge in [0, 0.05) is 19.5 Å². The number of hydrogen-bond donors (Lipinski definition) is 2. The molecule has 2 N–H and O–H groups in total. The molecule has 1 amide bonds. The lowest BCUT2D eigenvalue weighted by atomic mass is 10.0. The van der Waals surface area contributed by atoms with Crippen LogP contribution in [0.25, 0.3) is 0 Å². The average molecular weight is 244 g/mol. The number of hydrogen-bond acceptors (Lipinski definition) is 4. The second-order valence-corrected chi connectivity index (χ2v) is 4.08. The number of amides is 1. The van der Waals surface area contributed by atoms with Gasteiger partial charge in [0.05, 0.1) is 19.3 Å². The molecule has 1 fully saturated rings. The molecule has 1 saturated heterocycles. The molecule has 98 valence electrons. The molecule has 1 rings (SSSR count). The standard InChI is InChI=1S/C11H20N2O4/c1-3-13(10(14)4-5-12-2)9-7-17-6-8(9)11(15)16/h8-9,12H,3-7H2,1-2H3,(H,15,16). The number of nitrogens with one attached hydrogen (secondary N) is 1. The molecule has 2 unspecified atom stereocenters. The fourth-order valence-electron chi connectivity index (χ4n) is 2.06. The molecule has 6 nitrogen and oxygen atoms in total. The quantitative estimate of drug-likeness (QED) is 0.661. The van der Waals surface area contributed by atoms with E-state index in [0.29, 0.717) is 26.1 Å². The molecule has 0 bridgehead atoms. The molecule has 0 spiro atoms. The van der Waals surface area contributed by atoms with Crippen molar-refractivity contribution in [1.82, 2.24) is 10.2 Å². The van der Waals surface area contributed by atoms with Crippen molar-refractivity contribution in [1.29, 1.82) is 0 Å². The number of ether oxygens (including phenoxy) is 1. The summed E-state index contributed by atoms with van der Waals surface area (Å²) in [5.41, 5.74) is 0. The zero-order chi connectivity index (χ0) is 12.8. The van der Waals surface area contributed by atoms with Crippen molar-refractivity contribution in [2.75, 3.05) is 33.4 Å². The van der Waals surface area contributed by atoms with Crippen molar-refractivity contribution < 1.29 is 19.4 Å². The lowest BCUT2D eigenvalue weighted by molar-refractivity contribution is -0.145. The monoisotopic (exact) mass is 244 g/mol. The molecular formula is C11H20N2O4. The number of carboxylic acids is 1. The summed E-state index contributed by atoms with van der Waals surface area (Å²) >= 11 is 0. The maximum atomic E-state index is 11.9. The van der Waals surface area contributed by atoms with E-state index in [2.05, 4.69) is 5.32 Å². The second kappa shape index (κ2) is 6.56. The molecule has 1 heterocycles. The molecule has 0 aromatic heterocycles. The van der Waals surface area contributed by atoms with Gasteiger partial charge >= 0.3 is 5.97 Å². The van der Waals surface area contributed by atoms with Gasteiger partial charge in [0.2, 0.25) is 5.91 Å². The third kappa shape index (κ3) is 3.41. The summed E-state index contributed by atoms with van der Waals surface area (Å²) in [5, 5.41) is 12.0. The summed E-state index contributed by atoms with van der Waals surface area (Å²) in [4.78, 5) is 24.6. The van der Waals surface area contributed by atoms with Crippen LogP contribution in [0.3, 0.4) is 0 Å². The predicted molar refractivity (Wildman–Crippen MR) is 61.7 cm³/mol. The number of carboxylic acid groups (broad SMARTS) is 1. The summed E-state index contributed by atoms with van der Waals surface area (Å²) in [6.07, 6.45) is 0.382. The molecule has 0 aromatic carbocycles. The van der Waals surface area contributed by atoms with Crippen molar-refractivity contribution in [2.45, 2.75) is 19.4 Å². The summed E-state index contributed by atoms with van der Waals surface area (Å²) in [7, 11) is 1.78. The Morgan fingerprint density at radius 3 is 2.71 bits per heavy atom. The van der Waals surface area contributed by atoms with Crippen molar-refractivity contribution in [3.63, 3.8) is 0 Å². The number of carbonyl (C=O) groups is 2. The van der Waals surface area contributed by atoms with Gasteiger partial charge in [-0.2, -0.15) is 0 Å². The zero-order valence-electron chi connectivity index (χ0n) is 10.3. The molecule has 6 heteroatoms. The van der Waals surface area contributed by atoms with Crippen molar-refractivity contribution in [3.8, 4) is 0 Å². The lowest BCUT2D eigenvalue weighted by Crippen LogP contribution is -2.47. The smallest absolute Gasteiger partial charge is 0.311 e. The number of rotatable bonds is 6. The molecule has 17 heavy (non-hydrogen) atoms. The molecule has 0 radical (unpaired) electrons. The van der Waals surface area contributed by atoms with Crippen LogP contribution in [0.2, 0.25) is 0 Å². The van der Waals surface area contributed by atoms with Crippen LogP contribution in [0.15, 0.2) is 0 Å². The van der Waals surface area contributed by atoms with Crippen LogP contribution in [0, 0.1) is 5.92 Å². The Morgan fingerprint density at radius 2 is 2.18 bits per heavy atom. The van der Waals surface area contributed by atoms with Crippen LogP contribution in [0.1, 0.15) is 13.3 Å². The molecule has 2 atom stereocenters. The number of likely N-dealkylation sites (N-methyl/N-ethyl adjacent to an activating group) is 1. The van der Waals surface area contributed by atoms with Gasteiger partial charge in [0.15, 0.2) is 0 Å². The number of nitrogens with zero attached hydrogens (tertiary/aromatic N) is 1. The van der Waals surface area contributed by atoms with Crippen LogP contribution < -0.4 is 5.32 Å². The van der Waals surface area contributed by atoms with Gasteiger partial charge in [-0.3, -0.25) is 9.59 Å². The lowest BCUT2D eigenvalue weighted by Gasteiger charge is -2.29. The van der Waals surface area contributed by atoms with Crippen LogP contribution in [-0.4, -0.2) is 61.3 Å². The molecule has 1 aliphatic heterocycles. The molecule has 0 saturated carbocycles. The van der Waals surface area contributed by atoms with E-state index in [4.69, 9.17) is 9.84 Å². The average Bonchev–Trinajstić information content (AvgIpc) is 2.76. The fourth-order valence-corrected chi connectivity index (χ4v) is 2.06. The minimum Gasteiger partial charge on any atom is -0.481 e. The molecule has 0 aromatic rings. The van der Waals surface area contributed by atoms with Crippen LogP contribution >= 0.6 is 0 Å². The second-order valence-electron chi connectivity index (χ2n) is 4.08. The maximum Gasteiger partial charge on any atom is 0.311 e. The normalized spacial score (nSPS) is 23.6. The summed E-state index contributed by atoms with van der Waals surface area (Å²) in [5.74, 6) is -1.52. The third-order valence-electron chi connectivity index (χ3n) is 3.02. The largest absolute Gasteiger partial charge is 0.481 e. The van der Waals surface area contributed by atoms with E-state index >= 15 is 0 Å². The first kappa shape index (κ1) is 13.9. The summed E-state index contributed by atoms with van der Waals surface area (Å²) in [6.45, 7) is 3.47. The van der Waals surface area contributed by atoms with Crippen LogP contribution in [-0.2, 0) is 14.3 Å². The van der Waals surface area contributed by atoms with E-state index in [9.17, 15) is 9.59 Å². The third-order valence-corrected chi connectivity index (χ3v) is 3.02. The SMILES string of the molecule is CCN(C(=O)CCNC)C1COCC1C(=O)O. The first-order valence-electron chi connectivity index (χ1n) is 5.86. The Balaban J connectivity index is 2.65. The predicted octanol–water partition coefficient (Wildman–Crippen LogP) is -0.456. The van der Waals surface area contributed by atoms with Gasteiger partial charge in [-0.1, -0.05) is 0 Å². The number of aliphatic carboxylic acids is 1. The summed E-state index contributed by atoms with van der Waals surface area (Å²) < 4.78 is 5.18. The Bertz CT molecular complexity index is 283. The Kier molecular flexibility index (Phi) is 5.37. The van der Waals surface area contributed by atoms with Crippen LogP contribution in [0.4, 0.5) is 0 Å². The fraction of sp³-hybridized carbons (Fsp3) is 0.818. The van der Waals surface area contributed by atoms with E-state index in [1.54, 1.807) is 11.9 Å². The minimum atomic E-state index is -0.896. The van der Waals surface area contributed by atoms with Gasteiger partial charge in [0.25, 0.3) is 0 Å². The van der Waals surface area contributed by atoms with Gasteiger partial charge in [-0.25, -0.2) is 0 Å².